The quantitative estimate of drug-likeness (QED) is 0.487. The maximum Gasteiger partial charge on any atom is 0.240 e. The summed E-state index contributed by atoms with van der Waals surface area (Å²) in [5.41, 5.74) is 1.37. The molecule has 0 saturated carbocycles. The average Bonchev–Trinajstić information content (AvgIpc) is 3.38. The van der Waals surface area contributed by atoms with Gasteiger partial charge in [-0.3, -0.25) is 20.2 Å². The van der Waals surface area contributed by atoms with E-state index in [4.69, 9.17) is 9.05 Å². The molecule has 2 atom stereocenters. The van der Waals surface area contributed by atoms with E-state index in [1.165, 1.54) is 34.9 Å². The smallest absolute Gasteiger partial charge is 0.240 e. The van der Waals surface area contributed by atoms with E-state index in [2.05, 4.69) is 31.1 Å². The van der Waals surface area contributed by atoms with E-state index in [-0.39, 0.29) is 11.8 Å². The lowest BCUT2D eigenvalue weighted by Gasteiger charge is -2.08. The van der Waals surface area contributed by atoms with Crippen LogP contribution in [0.15, 0.2) is 29.9 Å². The van der Waals surface area contributed by atoms with Gasteiger partial charge in [0.15, 0.2) is 8.68 Å². The van der Waals surface area contributed by atoms with Crippen LogP contribution in [0.3, 0.4) is 0 Å². The van der Waals surface area contributed by atoms with Crippen LogP contribution in [0.4, 0.5) is 11.8 Å². The van der Waals surface area contributed by atoms with Crippen molar-refractivity contribution in [3.8, 4) is 0 Å². The molecule has 10 nitrogen and oxygen atoms in total. The normalized spacial score (nSPS) is 13.1. The number of amides is 2. The van der Waals surface area contributed by atoms with Gasteiger partial charge < -0.3 is 9.05 Å². The number of hydrogen-bond donors (Lipinski definition) is 2. The Kier molecular flexibility index (Phi) is 6.92. The van der Waals surface area contributed by atoms with E-state index < -0.39 is 10.5 Å². The molecule has 154 valence electrons. The lowest BCUT2D eigenvalue weighted by Crippen LogP contribution is -2.22. The largest absolute Gasteiger partial charge is 0.338 e. The number of nitrogens with zero attached hydrogens (tertiary/aromatic N) is 4. The molecule has 0 bridgehead atoms. The fourth-order valence-corrected chi connectivity index (χ4v) is 5.30. The Bertz CT molecular complexity index is 924. The van der Waals surface area contributed by atoms with E-state index in [1.807, 2.05) is 0 Å². The van der Waals surface area contributed by atoms with Gasteiger partial charge in [-0.1, -0.05) is 45.2 Å². The van der Waals surface area contributed by atoms with Crippen LogP contribution in [0.2, 0.25) is 0 Å². The first-order chi connectivity index (χ1) is 13.8. The van der Waals surface area contributed by atoms with Crippen molar-refractivity contribution in [2.45, 2.75) is 46.9 Å². The summed E-state index contributed by atoms with van der Waals surface area (Å²) in [6, 6.07) is 3.28. The molecule has 0 aliphatic rings. The van der Waals surface area contributed by atoms with Crippen molar-refractivity contribution in [1.82, 2.24) is 20.5 Å². The van der Waals surface area contributed by atoms with Gasteiger partial charge in [-0.2, -0.15) is 0 Å². The zero-order valence-corrected chi connectivity index (χ0v) is 18.4. The number of anilines is 2. The molecule has 0 saturated heterocycles. The first-order valence-corrected chi connectivity index (χ1v) is 11.0. The minimum atomic E-state index is -0.415. The van der Waals surface area contributed by atoms with Crippen LogP contribution in [-0.2, 0) is 9.59 Å². The van der Waals surface area contributed by atoms with E-state index in [1.54, 1.807) is 39.8 Å². The lowest BCUT2D eigenvalue weighted by molar-refractivity contribution is -0.116. The van der Waals surface area contributed by atoms with Gasteiger partial charge in [0.2, 0.25) is 23.6 Å². The first-order valence-electron chi connectivity index (χ1n) is 8.45. The Labute approximate surface area is 178 Å². The number of thioether (sulfide) groups is 2. The molecule has 0 unspecified atom stereocenters. The summed E-state index contributed by atoms with van der Waals surface area (Å²) in [6.07, 6.45) is 0. The molecule has 3 aromatic rings. The second kappa shape index (κ2) is 9.41. The fourth-order valence-electron chi connectivity index (χ4n) is 1.99. The Hall–Kier alpha value is -2.38. The predicted octanol–water partition coefficient (Wildman–Crippen LogP) is 3.37. The van der Waals surface area contributed by atoms with Crippen LogP contribution in [-0.4, -0.2) is 42.8 Å². The number of nitrogens with one attached hydrogen (secondary N) is 2. The van der Waals surface area contributed by atoms with Crippen molar-refractivity contribution in [1.29, 1.82) is 0 Å². The van der Waals surface area contributed by atoms with Gasteiger partial charge in [0.1, 0.15) is 0 Å². The first kappa shape index (κ1) is 21.3. The third-order valence-electron chi connectivity index (χ3n) is 3.43. The molecule has 2 N–H and O–H groups in total. The van der Waals surface area contributed by atoms with Crippen molar-refractivity contribution in [2.24, 2.45) is 0 Å². The second-order valence-corrected chi connectivity index (χ2v) is 10.2. The van der Waals surface area contributed by atoms with Crippen LogP contribution in [0.25, 0.3) is 0 Å². The highest BCUT2D eigenvalue weighted by Gasteiger charge is 2.21. The Balaban J connectivity index is 1.50. The van der Waals surface area contributed by atoms with Crippen molar-refractivity contribution in [2.75, 3.05) is 10.6 Å². The van der Waals surface area contributed by atoms with Gasteiger partial charge >= 0.3 is 0 Å². The molecule has 29 heavy (non-hydrogen) atoms. The topological polar surface area (TPSA) is 136 Å². The van der Waals surface area contributed by atoms with Crippen molar-refractivity contribution in [3.05, 3.63) is 23.5 Å². The number of carbonyl (C=O) groups excluding carboxylic acids is 2. The zero-order valence-electron chi connectivity index (χ0n) is 16.0. The van der Waals surface area contributed by atoms with Crippen LogP contribution < -0.4 is 10.6 Å². The summed E-state index contributed by atoms with van der Waals surface area (Å²) in [5, 5.41) is 20.1. The minimum absolute atomic E-state index is 0.231. The SMILES string of the molecule is Cc1cc(NC(=O)[C@H](C)Sc2nnc(S[C@H](C)C(=O)Nc3cc(C)no3)s2)on1. The fraction of sp³-hybridized carbons (Fsp3) is 0.375. The van der Waals surface area contributed by atoms with Gasteiger partial charge in [-0.05, 0) is 27.7 Å². The van der Waals surface area contributed by atoms with E-state index >= 15 is 0 Å². The summed E-state index contributed by atoms with van der Waals surface area (Å²) in [6.45, 7) is 7.05. The van der Waals surface area contributed by atoms with Crippen LogP contribution in [0.1, 0.15) is 25.2 Å². The average molecular weight is 455 g/mol. The van der Waals surface area contributed by atoms with Crippen molar-refractivity contribution in [3.63, 3.8) is 0 Å². The summed E-state index contributed by atoms with van der Waals surface area (Å²) in [5.74, 6) is 0.141. The summed E-state index contributed by atoms with van der Waals surface area (Å²) in [7, 11) is 0. The Morgan fingerprint density at radius 1 is 0.897 bits per heavy atom. The number of carbonyl (C=O) groups is 2. The molecule has 0 spiro atoms. The molecule has 3 aromatic heterocycles. The van der Waals surface area contributed by atoms with E-state index in [9.17, 15) is 9.59 Å². The van der Waals surface area contributed by atoms with Crippen LogP contribution >= 0.6 is 34.9 Å². The molecular formula is C16H18N6O4S3. The summed E-state index contributed by atoms with van der Waals surface area (Å²) < 4.78 is 11.2. The van der Waals surface area contributed by atoms with Gasteiger partial charge in [-0.15, -0.1) is 10.2 Å². The van der Waals surface area contributed by atoms with Crippen LogP contribution in [0.5, 0.6) is 0 Å². The van der Waals surface area contributed by atoms with Crippen LogP contribution in [0, 0.1) is 13.8 Å². The Morgan fingerprint density at radius 2 is 1.31 bits per heavy atom. The molecule has 0 aliphatic heterocycles. The monoisotopic (exact) mass is 454 g/mol. The van der Waals surface area contributed by atoms with Gasteiger partial charge in [0.25, 0.3) is 0 Å². The van der Waals surface area contributed by atoms with Crippen molar-refractivity contribution >= 4 is 58.4 Å². The highest BCUT2D eigenvalue weighted by atomic mass is 32.2. The highest BCUT2D eigenvalue weighted by molar-refractivity contribution is 8.04. The third-order valence-corrected chi connectivity index (χ3v) is 6.72. The molecule has 0 aromatic carbocycles. The third kappa shape index (κ3) is 6.05. The standard InChI is InChI=1S/C16H18N6O4S3/c1-7-5-11(25-21-7)17-13(23)9(3)27-15-19-20-16(29-15)28-10(4)14(24)18-12-6-8(2)22-26-12/h5-6,9-10H,1-4H3,(H,17,23)(H,18,24)/t9-,10+. The number of aromatic nitrogens is 4. The zero-order chi connectivity index (χ0) is 21.0. The summed E-state index contributed by atoms with van der Waals surface area (Å²) >= 11 is 3.86. The molecule has 0 radical (unpaired) electrons. The van der Waals surface area contributed by atoms with Gasteiger partial charge in [-0.25, -0.2) is 0 Å². The van der Waals surface area contributed by atoms with E-state index in [0.29, 0.717) is 31.8 Å². The lowest BCUT2D eigenvalue weighted by atomic mass is 10.4. The maximum absolute atomic E-state index is 12.2. The number of aryl methyl sites for hydroxylation is 2. The predicted molar refractivity (Wildman–Crippen MR) is 110 cm³/mol. The van der Waals surface area contributed by atoms with Crippen molar-refractivity contribution < 1.29 is 18.6 Å². The molecule has 3 rings (SSSR count). The molecule has 13 heteroatoms. The Morgan fingerprint density at radius 3 is 1.66 bits per heavy atom. The number of rotatable bonds is 8. The molecule has 0 fully saturated rings. The highest BCUT2D eigenvalue weighted by Crippen LogP contribution is 2.33. The molecule has 0 aliphatic carbocycles. The maximum atomic E-state index is 12.2. The van der Waals surface area contributed by atoms with Gasteiger partial charge in [0.05, 0.1) is 21.9 Å². The number of hydrogen-bond acceptors (Lipinski definition) is 11. The second-order valence-electron chi connectivity index (χ2n) is 6.00. The molecule has 2 amide bonds. The minimum Gasteiger partial charge on any atom is -0.338 e. The van der Waals surface area contributed by atoms with Gasteiger partial charge in [0, 0.05) is 12.1 Å². The molecular weight excluding hydrogens is 436 g/mol. The summed E-state index contributed by atoms with van der Waals surface area (Å²) in [4.78, 5) is 24.5. The molecule has 3 heterocycles. The van der Waals surface area contributed by atoms with E-state index in [0.717, 1.165) is 0 Å².